The van der Waals surface area contributed by atoms with E-state index in [4.69, 9.17) is 0 Å². The van der Waals surface area contributed by atoms with E-state index in [-0.39, 0.29) is 17.7 Å². The maximum Gasteiger partial charge on any atom is 0.227 e. The molecule has 2 amide bonds. The average molecular weight is 266 g/mol. The second kappa shape index (κ2) is 6.40. The van der Waals surface area contributed by atoms with E-state index >= 15 is 0 Å². The molecule has 2 rings (SSSR count). The summed E-state index contributed by atoms with van der Waals surface area (Å²) in [5.74, 6) is 1.02. The lowest BCUT2D eigenvalue weighted by Gasteiger charge is -2.32. The predicted octanol–water partition coefficient (Wildman–Crippen LogP) is 1.89. The van der Waals surface area contributed by atoms with Crippen LogP contribution in [0.2, 0.25) is 0 Å². The zero-order valence-electron chi connectivity index (χ0n) is 12.2. The molecule has 0 spiro atoms. The molecular weight excluding hydrogens is 240 g/mol. The molecule has 0 radical (unpaired) electrons. The zero-order valence-corrected chi connectivity index (χ0v) is 12.2. The van der Waals surface area contributed by atoms with Crippen molar-refractivity contribution >= 4 is 11.8 Å². The quantitative estimate of drug-likeness (QED) is 0.779. The molecule has 2 saturated heterocycles. The topological polar surface area (TPSA) is 40.6 Å². The Morgan fingerprint density at radius 2 is 2.00 bits per heavy atom. The van der Waals surface area contributed by atoms with Gasteiger partial charge in [-0.05, 0) is 25.2 Å². The van der Waals surface area contributed by atoms with Crippen LogP contribution in [-0.4, -0.2) is 47.8 Å². The van der Waals surface area contributed by atoms with Crippen LogP contribution < -0.4 is 0 Å². The number of piperidine rings is 1. The molecule has 2 fully saturated rings. The summed E-state index contributed by atoms with van der Waals surface area (Å²) in [6.07, 6.45) is 4.76. The Balaban J connectivity index is 1.85. The molecule has 19 heavy (non-hydrogen) atoms. The highest BCUT2D eigenvalue weighted by Crippen LogP contribution is 2.23. The van der Waals surface area contributed by atoms with E-state index in [0.29, 0.717) is 13.0 Å². The van der Waals surface area contributed by atoms with Crippen molar-refractivity contribution in [2.75, 3.05) is 26.2 Å². The summed E-state index contributed by atoms with van der Waals surface area (Å²) in [5, 5.41) is 0. The molecule has 2 aliphatic rings. The highest BCUT2D eigenvalue weighted by atomic mass is 16.2. The van der Waals surface area contributed by atoms with Gasteiger partial charge in [-0.2, -0.15) is 0 Å². The average Bonchev–Trinajstić information content (AvgIpc) is 2.78. The molecular formula is C15H26N2O2. The van der Waals surface area contributed by atoms with Crippen molar-refractivity contribution in [2.45, 2.75) is 46.0 Å². The number of rotatable bonds is 4. The zero-order chi connectivity index (χ0) is 13.8. The molecule has 2 aliphatic heterocycles. The van der Waals surface area contributed by atoms with E-state index < -0.39 is 0 Å². The van der Waals surface area contributed by atoms with Gasteiger partial charge in [0.2, 0.25) is 11.8 Å². The SMILES string of the molecule is CCCCN1C[C@@H](C(=O)N2CCC(C)CC2)CC1=O. The van der Waals surface area contributed by atoms with Gasteiger partial charge in [0.25, 0.3) is 0 Å². The summed E-state index contributed by atoms with van der Waals surface area (Å²) in [4.78, 5) is 28.2. The normalized spacial score (nSPS) is 25.2. The third kappa shape index (κ3) is 3.48. The Labute approximate surface area is 116 Å². The number of unbranched alkanes of at least 4 members (excludes halogenated alkanes) is 1. The van der Waals surface area contributed by atoms with E-state index in [0.717, 1.165) is 51.2 Å². The summed E-state index contributed by atoms with van der Waals surface area (Å²) >= 11 is 0. The van der Waals surface area contributed by atoms with Crippen LogP contribution >= 0.6 is 0 Å². The fourth-order valence-electron chi connectivity index (χ4n) is 2.99. The first kappa shape index (κ1) is 14.4. The van der Waals surface area contributed by atoms with E-state index in [1.807, 2.05) is 9.80 Å². The van der Waals surface area contributed by atoms with Crippen LogP contribution in [0.5, 0.6) is 0 Å². The standard InChI is InChI=1S/C15H26N2O2/c1-3-4-7-17-11-13(10-14(17)18)15(19)16-8-5-12(2)6-9-16/h12-13H,3-11H2,1-2H3/t13-/m0/s1. The molecule has 0 aliphatic carbocycles. The number of hydrogen-bond acceptors (Lipinski definition) is 2. The van der Waals surface area contributed by atoms with Gasteiger partial charge in [-0.15, -0.1) is 0 Å². The Kier molecular flexibility index (Phi) is 4.83. The minimum Gasteiger partial charge on any atom is -0.342 e. The highest BCUT2D eigenvalue weighted by molar-refractivity contribution is 5.89. The van der Waals surface area contributed by atoms with E-state index in [2.05, 4.69) is 13.8 Å². The minimum absolute atomic E-state index is 0.0854. The van der Waals surface area contributed by atoms with Crippen molar-refractivity contribution in [1.82, 2.24) is 9.80 Å². The fourth-order valence-corrected chi connectivity index (χ4v) is 2.99. The van der Waals surface area contributed by atoms with E-state index in [1.54, 1.807) is 0 Å². The van der Waals surface area contributed by atoms with Crippen LogP contribution in [0.25, 0.3) is 0 Å². The first-order valence-corrected chi connectivity index (χ1v) is 7.68. The Bertz CT molecular complexity index is 335. The first-order valence-electron chi connectivity index (χ1n) is 7.68. The number of carbonyl (C=O) groups is 2. The lowest BCUT2D eigenvalue weighted by Crippen LogP contribution is -2.42. The molecule has 0 N–H and O–H groups in total. The molecule has 4 nitrogen and oxygen atoms in total. The Hall–Kier alpha value is -1.06. The van der Waals surface area contributed by atoms with Crippen molar-refractivity contribution in [3.8, 4) is 0 Å². The maximum absolute atomic E-state index is 12.4. The van der Waals surface area contributed by atoms with E-state index in [9.17, 15) is 9.59 Å². The number of amides is 2. The van der Waals surface area contributed by atoms with Crippen LogP contribution in [0.4, 0.5) is 0 Å². The molecule has 2 heterocycles. The first-order chi connectivity index (χ1) is 9.11. The molecule has 0 aromatic carbocycles. The second-order valence-corrected chi connectivity index (χ2v) is 6.10. The van der Waals surface area contributed by atoms with Crippen LogP contribution in [0, 0.1) is 11.8 Å². The van der Waals surface area contributed by atoms with Crippen LogP contribution in [0.3, 0.4) is 0 Å². The lowest BCUT2D eigenvalue weighted by atomic mass is 9.97. The van der Waals surface area contributed by atoms with Gasteiger partial charge < -0.3 is 9.80 Å². The van der Waals surface area contributed by atoms with Gasteiger partial charge in [-0.1, -0.05) is 20.3 Å². The number of nitrogens with zero attached hydrogens (tertiary/aromatic N) is 2. The molecule has 108 valence electrons. The summed E-state index contributed by atoms with van der Waals surface area (Å²) in [6.45, 7) is 7.57. The summed E-state index contributed by atoms with van der Waals surface area (Å²) < 4.78 is 0. The maximum atomic E-state index is 12.4. The van der Waals surface area contributed by atoms with Crippen molar-refractivity contribution in [3.05, 3.63) is 0 Å². The van der Waals surface area contributed by atoms with Crippen molar-refractivity contribution in [3.63, 3.8) is 0 Å². The molecule has 0 aromatic rings. The number of hydrogen-bond donors (Lipinski definition) is 0. The summed E-state index contributed by atoms with van der Waals surface area (Å²) in [7, 11) is 0. The van der Waals surface area contributed by atoms with Crippen molar-refractivity contribution in [1.29, 1.82) is 0 Å². The minimum atomic E-state index is -0.0854. The van der Waals surface area contributed by atoms with Crippen LogP contribution in [0.15, 0.2) is 0 Å². The van der Waals surface area contributed by atoms with Crippen LogP contribution in [-0.2, 0) is 9.59 Å². The van der Waals surface area contributed by atoms with Gasteiger partial charge in [-0.3, -0.25) is 9.59 Å². The largest absolute Gasteiger partial charge is 0.342 e. The Morgan fingerprint density at radius 3 is 2.63 bits per heavy atom. The summed E-state index contributed by atoms with van der Waals surface area (Å²) in [5.41, 5.74) is 0. The predicted molar refractivity (Wildman–Crippen MR) is 74.6 cm³/mol. The number of likely N-dealkylation sites (tertiary alicyclic amines) is 2. The Morgan fingerprint density at radius 1 is 1.32 bits per heavy atom. The molecule has 0 aromatic heterocycles. The third-order valence-electron chi connectivity index (χ3n) is 4.44. The van der Waals surface area contributed by atoms with Crippen molar-refractivity contribution < 1.29 is 9.59 Å². The highest BCUT2D eigenvalue weighted by Gasteiger charge is 2.36. The van der Waals surface area contributed by atoms with E-state index in [1.165, 1.54) is 0 Å². The molecule has 0 bridgehead atoms. The monoisotopic (exact) mass is 266 g/mol. The molecule has 1 atom stereocenters. The third-order valence-corrected chi connectivity index (χ3v) is 4.44. The van der Waals surface area contributed by atoms with Gasteiger partial charge in [0.15, 0.2) is 0 Å². The smallest absolute Gasteiger partial charge is 0.227 e. The fraction of sp³-hybridized carbons (Fsp3) is 0.867. The van der Waals surface area contributed by atoms with Gasteiger partial charge in [0, 0.05) is 32.6 Å². The molecule has 0 unspecified atom stereocenters. The van der Waals surface area contributed by atoms with Gasteiger partial charge >= 0.3 is 0 Å². The number of carbonyl (C=O) groups excluding carboxylic acids is 2. The van der Waals surface area contributed by atoms with Gasteiger partial charge in [0.05, 0.1) is 5.92 Å². The second-order valence-electron chi connectivity index (χ2n) is 6.10. The van der Waals surface area contributed by atoms with Crippen LogP contribution in [0.1, 0.15) is 46.0 Å². The van der Waals surface area contributed by atoms with Gasteiger partial charge in [-0.25, -0.2) is 0 Å². The lowest BCUT2D eigenvalue weighted by molar-refractivity contribution is -0.137. The molecule has 0 saturated carbocycles. The molecule has 4 heteroatoms. The summed E-state index contributed by atoms with van der Waals surface area (Å²) in [6, 6.07) is 0. The van der Waals surface area contributed by atoms with Gasteiger partial charge in [0.1, 0.15) is 0 Å². The van der Waals surface area contributed by atoms with Crippen molar-refractivity contribution in [2.24, 2.45) is 11.8 Å².